The van der Waals surface area contributed by atoms with Crippen molar-refractivity contribution in [3.05, 3.63) is 114 Å². The van der Waals surface area contributed by atoms with Crippen LogP contribution in [0.1, 0.15) is 31.9 Å². The van der Waals surface area contributed by atoms with E-state index in [1.54, 1.807) is 27.0 Å². The Morgan fingerprint density at radius 2 is 1.42 bits per heavy atom. The van der Waals surface area contributed by atoms with Crippen LogP contribution in [0.2, 0.25) is 0 Å². The number of para-hydroxylation sites is 2. The van der Waals surface area contributed by atoms with Crippen molar-refractivity contribution in [1.29, 1.82) is 0 Å². The van der Waals surface area contributed by atoms with Gasteiger partial charge in [-0.3, -0.25) is 4.98 Å². The lowest BCUT2D eigenvalue weighted by molar-refractivity contribution is 0.0786. The van der Waals surface area contributed by atoms with Crippen LogP contribution in [0, 0.1) is 0 Å². The zero-order valence-electron chi connectivity index (χ0n) is 24.6. The largest absolute Gasteiger partial charge is 0.386 e. The van der Waals surface area contributed by atoms with E-state index in [0.29, 0.717) is 6.42 Å². The minimum atomic E-state index is -3.18. The second kappa shape index (κ2) is 11.0. The molecule has 1 N–H and O–H groups in total. The lowest BCUT2D eigenvalue weighted by Crippen LogP contribution is -2.18. The summed E-state index contributed by atoms with van der Waals surface area (Å²) in [6, 6.07) is 31.8. The zero-order valence-corrected chi connectivity index (χ0v) is 25.4. The van der Waals surface area contributed by atoms with Gasteiger partial charge in [-0.25, -0.2) is 18.4 Å². The Bertz CT molecular complexity index is 2080. The summed E-state index contributed by atoms with van der Waals surface area (Å²) < 4.78 is 24.5. The van der Waals surface area contributed by atoms with Gasteiger partial charge in [0.15, 0.2) is 0 Å². The Hall–Kier alpha value is -4.46. The maximum absolute atomic E-state index is 12.2. The number of nitrogens with zero attached hydrogens (tertiary/aromatic N) is 3. The van der Waals surface area contributed by atoms with E-state index < -0.39 is 20.7 Å². The molecule has 7 heteroatoms. The number of pyridine rings is 1. The first-order valence-electron chi connectivity index (χ1n) is 14.2. The van der Waals surface area contributed by atoms with Crippen molar-refractivity contribution in [3.63, 3.8) is 0 Å². The molecule has 0 spiro atoms. The maximum Gasteiger partial charge on any atom is 0.150 e. The topological polar surface area (TPSA) is 93.0 Å². The summed E-state index contributed by atoms with van der Waals surface area (Å²) in [4.78, 5) is 14.8. The number of sulfone groups is 1. The van der Waals surface area contributed by atoms with E-state index in [-0.39, 0.29) is 0 Å². The van der Waals surface area contributed by atoms with Crippen LogP contribution in [0.15, 0.2) is 103 Å². The van der Waals surface area contributed by atoms with Gasteiger partial charge >= 0.3 is 0 Å². The molecule has 0 bridgehead atoms. The van der Waals surface area contributed by atoms with Crippen molar-refractivity contribution < 1.29 is 13.5 Å². The fraction of sp³-hybridized carbons (Fsp3) is 0.194. The van der Waals surface area contributed by atoms with E-state index in [2.05, 4.69) is 12.1 Å². The van der Waals surface area contributed by atoms with Crippen molar-refractivity contribution in [2.45, 2.75) is 38.0 Å². The Labute approximate surface area is 252 Å². The van der Waals surface area contributed by atoms with Crippen LogP contribution in [0.5, 0.6) is 0 Å². The summed E-state index contributed by atoms with van der Waals surface area (Å²) in [7, 11) is -3.18. The lowest BCUT2D eigenvalue weighted by Gasteiger charge is -2.18. The highest BCUT2D eigenvalue weighted by Crippen LogP contribution is 2.36. The number of benzene rings is 4. The standard InChI is InChI=1S/C36H33N3O3S/c1-23(43(4,41)42)19-24-20-27-11-8-18-37-33(27)30(21-24)26-9-7-10-28(22-26)35-34(38-31-12-5-6-13-32(31)39-35)25-14-16-29(17-15-25)36(2,3)40/h5-18,20-23,40H,19H2,1-4H3. The van der Waals surface area contributed by atoms with Crippen LogP contribution < -0.4 is 0 Å². The first kappa shape index (κ1) is 28.6. The van der Waals surface area contributed by atoms with E-state index in [9.17, 15) is 13.5 Å². The van der Waals surface area contributed by atoms with Gasteiger partial charge in [-0.1, -0.05) is 60.7 Å². The fourth-order valence-electron chi connectivity index (χ4n) is 5.35. The summed E-state index contributed by atoms with van der Waals surface area (Å²) >= 11 is 0. The third kappa shape index (κ3) is 5.91. The molecule has 6 aromatic rings. The molecule has 0 radical (unpaired) electrons. The summed E-state index contributed by atoms with van der Waals surface area (Å²) in [6.07, 6.45) is 3.47. The first-order chi connectivity index (χ1) is 20.5. The normalized spacial score (nSPS) is 13.0. The summed E-state index contributed by atoms with van der Waals surface area (Å²) in [5.74, 6) is 0. The predicted molar refractivity (Wildman–Crippen MR) is 174 cm³/mol. The Kier molecular flexibility index (Phi) is 7.32. The van der Waals surface area contributed by atoms with Crippen molar-refractivity contribution in [2.24, 2.45) is 0 Å². The van der Waals surface area contributed by atoms with Gasteiger partial charge in [0.2, 0.25) is 0 Å². The number of hydrogen-bond donors (Lipinski definition) is 1. The summed E-state index contributed by atoms with van der Waals surface area (Å²) in [5.41, 5.74) is 8.43. The SMILES string of the molecule is CC(Cc1cc(-c2cccc(-c3nc4ccccc4nc3-c3ccc(C(C)(C)O)cc3)c2)c2ncccc2c1)S(C)(=O)=O. The molecule has 6 nitrogen and oxygen atoms in total. The molecule has 4 aromatic carbocycles. The average molecular weight is 588 g/mol. The molecule has 1 unspecified atom stereocenters. The molecule has 216 valence electrons. The van der Waals surface area contributed by atoms with Crippen LogP contribution in [-0.2, 0) is 21.9 Å². The predicted octanol–water partition coefficient (Wildman–Crippen LogP) is 7.38. The fourth-order valence-corrected chi connectivity index (χ4v) is 5.84. The molecular formula is C36H33N3O3S. The monoisotopic (exact) mass is 587 g/mol. The third-order valence-corrected chi connectivity index (χ3v) is 9.53. The number of aliphatic hydroxyl groups is 1. The van der Waals surface area contributed by atoms with Gasteiger partial charge < -0.3 is 5.11 Å². The molecule has 6 rings (SSSR count). The van der Waals surface area contributed by atoms with Gasteiger partial charge in [-0.05, 0) is 80.3 Å². The minimum absolute atomic E-state index is 0.414. The Morgan fingerprint density at radius 3 is 2.07 bits per heavy atom. The van der Waals surface area contributed by atoms with E-state index in [1.807, 2.05) is 84.9 Å². The minimum Gasteiger partial charge on any atom is -0.386 e. The summed E-state index contributed by atoms with van der Waals surface area (Å²) in [5, 5.41) is 10.9. The van der Waals surface area contributed by atoms with Crippen LogP contribution >= 0.6 is 0 Å². The Morgan fingerprint density at radius 1 is 0.767 bits per heavy atom. The van der Waals surface area contributed by atoms with Crippen LogP contribution in [-0.4, -0.2) is 40.0 Å². The van der Waals surface area contributed by atoms with E-state index in [4.69, 9.17) is 15.0 Å². The second-order valence-electron chi connectivity index (χ2n) is 11.7. The van der Waals surface area contributed by atoms with Gasteiger partial charge in [0.1, 0.15) is 9.84 Å². The van der Waals surface area contributed by atoms with E-state index >= 15 is 0 Å². The van der Waals surface area contributed by atoms with Gasteiger partial charge in [0.05, 0.1) is 38.8 Å². The smallest absolute Gasteiger partial charge is 0.150 e. The molecule has 0 fully saturated rings. The zero-order chi connectivity index (χ0) is 30.4. The van der Waals surface area contributed by atoms with Crippen LogP contribution in [0.3, 0.4) is 0 Å². The van der Waals surface area contributed by atoms with Crippen molar-refractivity contribution >= 4 is 31.8 Å². The molecule has 0 saturated heterocycles. The van der Waals surface area contributed by atoms with E-state index in [1.165, 1.54) is 6.26 Å². The van der Waals surface area contributed by atoms with Crippen molar-refractivity contribution in [1.82, 2.24) is 15.0 Å². The molecule has 0 aliphatic rings. The second-order valence-corrected chi connectivity index (χ2v) is 14.2. The molecule has 43 heavy (non-hydrogen) atoms. The number of hydrogen-bond acceptors (Lipinski definition) is 6. The van der Waals surface area contributed by atoms with Crippen molar-refractivity contribution in [2.75, 3.05) is 6.26 Å². The maximum atomic E-state index is 12.2. The van der Waals surface area contributed by atoms with Crippen molar-refractivity contribution in [3.8, 4) is 33.6 Å². The number of aromatic nitrogens is 3. The quantitative estimate of drug-likeness (QED) is 0.209. The van der Waals surface area contributed by atoms with Gasteiger partial charge in [-0.15, -0.1) is 0 Å². The highest BCUT2D eigenvalue weighted by molar-refractivity contribution is 7.91. The van der Waals surface area contributed by atoms with Gasteiger partial charge in [0.25, 0.3) is 0 Å². The van der Waals surface area contributed by atoms with Crippen LogP contribution in [0.4, 0.5) is 0 Å². The number of rotatable bonds is 7. The molecular weight excluding hydrogens is 554 g/mol. The highest BCUT2D eigenvalue weighted by Gasteiger charge is 2.20. The van der Waals surface area contributed by atoms with E-state index in [0.717, 1.165) is 66.7 Å². The molecule has 2 heterocycles. The molecule has 2 aromatic heterocycles. The Balaban J connectivity index is 1.52. The molecule has 0 aliphatic heterocycles. The van der Waals surface area contributed by atoms with Gasteiger partial charge in [-0.2, -0.15) is 0 Å². The first-order valence-corrected chi connectivity index (χ1v) is 16.2. The third-order valence-electron chi connectivity index (χ3n) is 7.90. The molecule has 0 saturated carbocycles. The highest BCUT2D eigenvalue weighted by atomic mass is 32.2. The molecule has 1 atom stereocenters. The average Bonchev–Trinajstić information content (AvgIpc) is 2.99. The van der Waals surface area contributed by atoms with Crippen LogP contribution in [0.25, 0.3) is 55.6 Å². The number of fused-ring (bicyclic) bond motifs is 2. The lowest BCUT2D eigenvalue weighted by atomic mass is 9.93. The summed E-state index contributed by atoms with van der Waals surface area (Å²) in [6.45, 7) is 5.28. The molecule has 0 amide bonds. The van der Waals surface area contributed by atoms with Gasteiger partial charge in [0, 0.05) is 34.5 Å². The molecule has 0 aliphatic carbocycles.